The molecule has 1 N–H and O–H groups in total. The summed E-state index contributed by atoms with van der Waals surface area (Å²) in [5.74, 6) is 1.47. The first-order valence-corrected chi connectivity index (χ1v) is 8.86. The van der Waals surface area contributed by atoms with Crippen LogP contribution in [0.2, 0.25) is 0 Å². The Bertz CT molecular complexity index is 521. The zero-order valence-electron chi connectivity index (χ0n) is 13.6. The second-order valence-corrected chi connectivity index (χ2v) is 6.99. The Morgan fingerprint density at radius 1 is 1.04 bits per heavy atom. The lowest BCUT2D eigenvalue weighted by Gasteiger charge is -2.40. The van der Waals surface area contributed by atoms with Crippen molar-refractivity contribution < 1.29 is 9.84 Å². The molecule has 1 aliphatic carbocycles. The van der Waals surface area contributed by atoms with Crippen LogP contribution in [0.25, 0.3) is 0 Å². The molecule has 1 saturated carbocycles. The molecule has 2 saturated heterocycles. The number of aliphatic hydroxyl groups is 1. The highest BCUT2D eigenvalue weighted by atomic mass is 16.5. The predicted molar refractivity (Wildman–Crippen MR) is 87.6 cm³/mol. The van der Waals surface area contributed by atoms with Crippen LogP contribution >= 0.6 is 0 Å². The third-order valence-corrected chi connectivity index (χ3v) is 5.56. The smallest absolute Gasteiger partial charge is 0.132 e. The van der Waals surface area contributed by atoms with Crippen molar-refractivity contribution in [2.24, 2.45) is 0 Å². The van der Waals surface area contributed by atoms with Crippen molar-refractivity contribution in [3.05, 3.63) is 18.1 Å². The van der Waals surface area contributed by atoms with Gasteiger partial charge in [0.25, 0.3) is 0 Å². The van der Waals surface area contributed by atoms with Gasteiger partial charge in [-0.2, -0.15) is 0 Å². The van der Waals surface area contributed by atoms with Crippen LogP contribution in [-0.2, 0) is 4.74 Å². The minimum absolute atomic E-state index is 0.136. The van der Waals surface area contributed by atoms with Crippen LogP contribution < -0.4 is 4.90 Å². The normalized spacial score (nSPS) is 30.2. The molecule has 0 spiro atoms. The van der Waals surface area contributed by atoms with Gasteiger partial charge in [0.05, 0.1) is 19.3 Å². The molecule has 0 aromatic carbocycles. The Morgan fingerprint density at radius 2 is 1.78 bits per heavy atom. The van der Waals surface area contributed by atoms with Crippen molar-refractivity contribution in [2.45, 2.75) is 43.7 Å². The maximum Gasteiger partial charge on any atom is 0.132 e. The van der Waals surface area contributed by atoms with Gasteiger partial charge in [-0.3, -0.25) is 4.90 Å². The molecule has 3 heterocycles. The third-order valence-electron chi connectivity index (χ3n) is 5.56. The quantitative estimate of drug-likeness (QED) is 0.898. The number of anilines is 1. The summed E-state index contributed by atoms with van der Waals surface area (Å²) >= 11 is 0. The predicted octanol–water partition coefficient (Wildman–Crippen LogP) is 1.02. The van der Waals surface area contributed by atoms with Crippen molar-refractivity contribution >= 4 is 5.82 Å². The summed E-state index contributed by atoms with van der Waals surface area (Å²) in [4.78, 5) is 13.9. The molecule has 0 amide bonds. The van der Waals surface area contributed by atoms with Crippen LogP contribution in [0, 0.1) is 0 Å². The van der Waals surface area contributed by atoms with Crippen LogP contribution in [0.15, 0.2) is 12.4 Å². The third kappa shape index (κ3) is 3.34. The van der Waals surface area contributed by atoms with E-state index < -0.39 is 0 Å². The number of hydrogen-bond donors (Lipinski definition) is 1. The van der Waals surface area contributed by atoms with E-state index in [0.717, 1.165) is 63.7 Å². The Labute approximate surface area is 137 Å². The zero-order chi connectivity index (χ0) is 15.6. The number of nitrogens with zero attached hydrogens (tertiary/aromatic N) is 4. The van der Waals surface area contributed by atoms with Gasteiger partial charge in [-0.15, -0.1) is 0 Å². The van der Waals surface area contributed by atoms with E-state index in [-0.39, 0.29) is 6.10 Å². The van der Waals surface area contributed by atoms with E-state index in [2.05, 4.69) is 25.8 Å². The van der Waals surface area contributed by atoms with Crippen LogP contribution in [0.1, 0.15) is 37.3 Å². The standard InChI is InChI=1S/C17H26N4O2/c22-15-9-13(10-15)16-11-17(19-12-18-16)21-3-1-14(2-4-21)20-5-7-23-8-6-20/h11-15,22H,1-10H2. The highest BCUT2D eigenvalue weighted by molar-refractivity contribution is 5.40. The second kappa shape index (κ2) is 6.71. The molecule has 0 radical (unpaired) electrons. The second-order valence-electron chi connectivity index (χ2n) is 6.99. The molecule has 0 atom stereocenters. The van der Waals surface area contributed by atoms with Crippen molar-refractivity contribution in [3.63, 3.8) is 0 Å². The van der Waals surface area contributed by atoms with Gasteiger partial charge >= 0.3 is 0 Å². The lowest BCUT2D eigenvalue weighted by atomic mass is 9.80. The maximum atomic E-state index is 9.48. The fraction of sp³-hybridized carbons (Fsp3) is 0.765. The lowest BCUT2D eigenvalue weighted by molar-refractivity contribution is 0.0114. The Hall–Kier alpha value is -1.24. The van der Waals surface area contributed by atoms with Gasteiger partial charge in [0.1, 0.15) is 12.1 Å². The molecule has 2 aliphatic heterocycles. The van der Waals surface area contributed by atoms with Gasteiger partial charge < -0.3 is 14.7 Å². The average molecular weight is 318 g/mol. The summed E-state index contributed by atoms with van der Waals surface area (Å²) in [6.45, 7) is 6.03. The van der Waals surface area contributed by atoms with E-state index in [1.54, 1.807) is 6.33 Å². The SMILES string of the molecule is OC1CC(c2cc(N3CCC(N4CCOCC4)CC3)ncn2)C1. The van der Waals surface area contributed by atoms with Gasteiger partial charge in [-0.1, -0.05) is 0 Å². The van der Waals surface area contributed by atoms with E-state index in [9.17, 15) is 5.11 Å². The Morgan fingerprint density at radius 3 is 2.48 bits per heavy atom. The first kappa shape index (κ1) is 15.3. The van der Waals surface area contributed by atoms with Gasteiger partial charge in [0, 0.05) is 49.9 Å². The molecule has 0 unspecified atom stereocenters. The maximum absolute atomic E-state index is 9.48. The number of ether oxygens (including phenoxy) is 1. The van der Waals surface area contributed by atoms with Crippen LogP contribution in [-0.4, -0.2) is 71.5 Å². The minimum atomic E-state index is -0.136. The molecule has 0 bridgehead atoms. The summed E-state index contributed by atoms with van der Waals surface area (Å²) in [5, 5.41) is 9.48. The van der Waals surface area contributed by atoms with E-state index >= 15 is 0 Å². The average Bonchev–Trinajstić information content (AvgIpc) is 2.60. The van der Waals surface area contributed by atoms with Crippen LogP contribution in [0.3, 0.4) is 0 Å². The topological polar surface area (TPSA) is 61.7 Å². The Kier molecular flexibility index (Phi) is 4.46. The molecule has 23 heavy (non-hydrogen) atoms. The van der Waals surface area contributed by atoms with Gasteiger partial charge in [0.2, 0.25) is 0 Å². The monoisotopic (exact) mass is 318 g/mol. The molecule has 3 aliphatic rings. The highest BCUT2D eigenvalue weighted by Gasteiger charge is 2.31. The molecule has 4 rings (SSSR count). The van der Waals surface area contributed by atoms with E-state index in [4.69, 9.17) is 4.74 Å². The molecular formula is C17H26N4O2. The Balaban J connectivity index is 1.35. The van der Waals surface area contributed by atoms with Crippen molar-refractivity contribution in [1.82, 2.24) is 14.9 Å². The summed E-state index contributed by atoms with van der Waals surface area (Å²) in [5.41, 5.74) is 1.09. The number of hydrogen-bond acceptors (Lipinski definition) is 6. The van der Waals surface area contributed by atoms with E-state index in [0.29, 0.717) is 12.0 Å². The highest BCUT2D eigenvalue weighted by Crippen LogP contribution is 2.36. The fourth-order valence-corrected chi connectivity index (χ4v) is 3.99. The molecule has 6 heteroatoms. The number of aromatic nitrogens is 2. The number of rotatable bonds is 3. The number of piperidine rings is 1. The van der Waals surface area contributed by atoms with Gasteiger partial charge in [-0.05, 0) is 25.7 Å². The van der Waals surface area contributed by atoms with Crippen molar-refractivity contribution in [2.75, 3.05) is 44.3 Å². The molecule has 1 aromatic heterocycles. The van der Waals surface area contributed by atoms with Crippen LogP contribution in [0.5, 0.6) is 0 Å². The molecular weight excluding hydrogens is 292 g/mol. The first-order chi connectivity index (χ1) is 11.3. The summed E-state index contributed by atoms with van der Waals surface area (Å²) in [6.07, 6.45) is 5.63. The van der Waals surface area contributed by atoms with Crippen molar-refractivity contribution in [3.8, 4) is 0 Å². The van der Waals surface area contributed by atoms with Gasteiger partial charge in [-0.25, -0.2) is 9.97 Å². The van der Waals surface area contributed by atoms with Crippen molar-refractivity contribution in [1.29, 1.82) is 0 Å². The minimum Gasteiger partial charge on any atom is -0.393 e. The van der Waals surface area contributed by atoms with E-state index in [1.165, 1.54) is 12.8 Å². The molecule has 1 aromatic rings. The van der Waals surface area contributed by atoms with Gasteiger partial charge in [0.15, 0.2) is 0 Å². The summed E-state index contributed by atoms with van der Waals surface area (Å²) in [7, 11) is 0. The number of aliphatic hydroxyl groups excluding tert-OH is 1. The zero-order valence-corrected chi connectivity index (χ0v) is 13.6. The first-order valence-electron chi connectivity index (χ1n) is 8.86. The lowest BCUT2D eigenvalue weighted by Crippen LogP contribution is -2.49. The number of morpholine rings is 1. The molecule has 3 fully saturated rings. The van der Waals surface area contributed by atoms with E-state index in [1.807, 2.05) is 0 Å². The summed E-state index contributed by atoms with van der Waals surface area (Å²) < 4.78 is 5.45. The molecule has 6 nitrogen and oxygen atoms in total. The molecule has 126 valence electrons. The fourth-order valence-electron chi connectivity index (χ4n) is 3.99. The van der Waals surface area contributed by atoms with Crippen LogP contribution in [0.4, 0.5) is 5.82 Å². The summed E-state index contributed by atoms with van der Waals surface area (Å²) in [6, 6.07) is 2.82. The largest absolute Gasteiger partial charge is 0.393 e.